The van der Waals surface area contributed by atoms with E-state index in [1.807, 2.05) is 4.90 Å². The molecule has 1 aliphatic heterocycles. The minimum Gasteiger partial charge on any atom is -0.507 e. The van der Waals surface area contributed by atoms with Gasteiger partial charge in [0.05, 0.1) is 6.07 Å². The quantitative estimate of drug-likeness (QED) is 0.840. The molecule has 4 nitrogen and oxygen atoms in total. The number of carbonyl (C=O) groups is 1. The number of benzene rings is 1. The molecule has 148 valence electrons. The molecular weight excluding hydrogens is 336 g/mol. The molecule has 0 saturated carbocycles. The third-order valence-electron chi connectivity index (χ3n) is 5.44. The van der Waals surface area contributed by atoms with Crippen LogP contribution in [-0.2, 0) is 22.0 Å². The topological polar surface area (TPSA) is 64.3 Å². The molecule has 2 rings (SSSR count). The Hall–Kier alpha value is -2.02. The minimum atomic E-state index is -0.163. The lowest BCUT2D eigenvalue weighted by Crippen LogP contribution is -2.38. The average molecular weight is 371 g/mol. The van der Waals surface area contributed by atoms with E-state index in [1.54, 1.807) is 0 Å². The van der Waals surface area contributed by atoms with E-state index >= 15 is 0 Å². The van der Waals surface area contributed by atoms with E-state index in [1.165, 1.54) is 0 Å². The molecule has 1 aromatic rings. The zero-order valence-electron chi connectivity index (χ0n) is 17.7. The summed E-state index contributed by atoms with van der Waals surface area (Å²) < 4.78 is 0. The Kier molecular flexibility index (Phi) is 6.24. The van der Waals surface area contributed by atoms with Crippen LogP contribution in [-0.4, -0.2) is 29.0 Å². The molecule has 0 radical (unpaired) electrons. The number of nitrogens with zero attached hydrogens (tertiary/aromatic N) is 2. The van der Waals surface area contributed by atoms with Crippen molar-refractivity contribution in [2.24, 2.45) is 5.92 Å². The molecule has 0 aromatic heterocycles. The predicted molar refractivity (Wildman–Crippen MR) is 109 cm³/mol. The van der Waals surface area contributed by atoms with Gasteiger partial charge < -0.3 is 10.0 Å². The number of piperidine rings is 1. The fraction of sp³-hybridized carbons (Fsp3) is 0.652. The van der Waals surface area contributed by atoms with E-state index in [0.717, 1.165) is 29.5 Å². The molecular formula is C23H34N2O2. The molecule has 1 N–H and O–H groups in total. The molecule has 0 bridgehead atoms. The van der Waals surface area contributed by atoms with E-state index in [0.29, 0.717) is 31.7 Å². The highest BCUT2D eigenvalue weighted by molar-refractivity contribution is 5.76. The maximum atomic E-state index is 12.6. The van der Waals surface area contributed by atoms with Crippen molar-refractivity contribution in [2.45, 2.75) is 78.1 Å². The number of hydrogen-bond donors (Lipinski definition) is 1. The first-order chi connectivity index (χ1) is 12.4. The number of rotatable bonds is 3. The van der Waals surface area contributed by atoms with E-state index in [-0.39, 0.29) is 22.7 Å². The molecule has 0 unspecified atom stereocenters. The Labute approximate surface area is 164 Å². The molecule has 1 fully saturated rings. The molecule has 0 atom stereocenters. The van der Waals surface area contributed by atoms with Crippen LogP contribution in [0.2, 0.25) is 0 Å². The fourth-order valence-electron chi connectivity index (χ4n) is 3.65. The van der Waals surface area contributed by atoms with Crippen molar-refractivity contribution < 1.29 is 9.90 Å². The van der Waals surface area contributed by atoms with Crippen molar-refractivity contribution in [1.29, 1.82) is 5.26 Å². The lowest BCUT2D eigenvalue weighted by Gasteiger charge is -2.30. The molecule has 1 saturated heterocycles. The summed E-state index contributed by atoms with van der Waals surface area (Å²) in [5.41, 5.74) is 2.65. The molecule has 0 aliphatic carbocycles. The van der Waals surface area contributed by atoms with Crippen LogP contribution in [0.1, 0.15) is 77.5 Å². The number of aryl methyl sites for hydroxylation is 1. The van der Waals surface area contributed by atoms with E-state index in [4.69, 9.17) is 5.26 Å². The average Bonchev–Trinajstić information content (AvgIpc) is 2.58. The third kappa shape index (κ3) is 5.25. The smallest absolute Gasteiger partial charge is 0.222 e. The van der Waals surface area contributed by atoms with Gasteiger partial charge in [0.2, 0.25) is 5.91 Å². The third-order valence-corrected chi connectivity index (χ3v) is 5.44. The van der Waals surface area contributed by atoms with Crippen LogP contribution in [0.5, 0.6) is 5.75 Å². The second-order valence-corrected chi connectivity index (χ2v) is 9.82. The van der Waals surface area contributed by atoms with Crippen molar-refractivity contribution in [2.75, 3.05) is 13.1 Å². The van der Waals surface area contributed by atoms with Crippen LogP contribution in [0, 0.1) is 17.2 Å². The Morgan fingerprint density at radius 2 is 1.59 bits per heavy atom. The number of amides is 1. The van der Waals surface area contributed by atoms with Crippen molar-refractivity contribution in [3.05, 3.63) is 28.8 Å². The van der Waals surface area contributed by atoms with Gasteiger partial charge in [-0.2, -0.15) is 5.26 Å². The number of nitriles is 1. The summed E-state index contributed by atoms with van der Waals surface area (Å²) >= 11 is 0. The molecule has 1 aliphatic rings. The number of hydrogen-bond acceptors (Lipinski definition) is 3. The number of likely N-dealkylation sites (tertiary alicyclic amines) is 1. The molecule has 1 aromatic carbocycles. The Morgan fingerprint density at radius 3 is 2.00 bits per heavy atom. The second-order valence-electron chi connectivity index (χ2n) is 9.82. The van der Waals surface area contributed by atoms with E-state index < -0.39 is 0 Å². The fourth-order valence-corrected chi connectivity index (χ4v) is 3.65. The molecule has 27 heavy (non-hydrogen) atoms. The zero-order valence-corrected chi connectivity index (χ0v) is 17.7. The summed E-state index contributed by atoms with van der Waals surface area (Å²) in [4.78, 5) is 14.5. The predicted octanol–water partition coefficient (Wildman–Crippen LogP) is 4.68. The maximum absolute atomic E-state index is 12.6. The Balaban J connectivity index is 2.17. The highest BCUT2D eigenvalue weighted by atomic mass is 16.3. The van der Waals surface area contributed by atoms with Crippen LogP contribution in [0.3, 0.4) is 0 Å². The number of aromatic hydroxyl groups is 1. The largest absolute Gasteiger partial charge is 0.507 e. The highest BCUT2D eigenvalue weighted by Gasteiger charge is 2.27. The standard InChI is InChI=1S/C23H34N2O2/c1-22(2,3)18-13-17(14-19(21(18)27)23(4,5)6)7-8-20(26)25-11-9-16(15-24)10-12-25/h13-14,16,27H,7-12H2,1-6H3. The first kappa shape index (κ1) is 21.3. The number of carbonyl (C=O) groups excluding carboxylic acids is 1. The summed E-state index contributed by atoms with van der Waals surface area (Å²) in [5.74, 6) is 0.632. The summed E-state index contributed by atoms with van der Waals surface area (Å²) in [7, 11) is 0. The SMILES string of the molecule is CC(C)(C)c1cc(CCC(=O)N2CCC(C#N)CC2)cc(C(C)(C)C)c1O. The van der Waals surface area contributed by atoms with Crippen LogP contribution < -0.4 is 0 Å². The summed E-state index contributed by atoms with van der Waals surface area (Å²) in [6.07, 6.45) is 2.70. The zero-order chi connectivity index (χ0) is 20.4. The van der Waals surface area contributed by atoms with Crippen molar-refractivity contribution >= 4 is 5.91 Å². The van der Waals surface area contributed by atoms with E-state index in [9.17, 15) is 9.90 Å². The van der Waals surface area contributed by atoms with E-state index in [2.05, 4.69) is 59.7 Å². The van der Waals surface area contributed by atoms with Gasteiger partial charge in [0, 0.05) is 25.4 Å². The van der Waals surface area contributed by atoms with Gasteiger partial charge in [-0.3, -0.25) is 4.79 Å². The van der Waals surface area contributed by atoms with Crippen molar-refractivity contribution in [3.63, 3.8) is 0 Å². The van der Waals surface area contributed by atoms with Gasteiger partial charge in [-0.15, -0.1) is 0 Å². The van der Waals surface area contributed by atoms with Crippen molar-refractivity contribution in [1.82, 2.24) is 4.90 Å². The van der Waals surface area contributed by atoms with Gasteiger partial charge >= 0.3 is 0 Å². The first-order valence-electron chi connectivity index (χ1n) is 9.97. The number of phenols is 1. The summed E-state index contributed by atoms with van der Waals surface area (Å²) in [6, 6.07) is 6.42. The van der Waals surface area contributed by atoms with Gasteiger partial charge in [-0.1, -0.05) is 53.7 Å². The monoisotopic (exact) mass is 370 g/mol. The van der Waals surface area contributed by atoms with Crippen LogP contribution >= 0.6 is 0 Å². The first-order valence-corrected chi connectivity index (χ1v) is 9.97. The normalized spacial score (nSPS) is 16.3. The van der Waals surface area contributed by atoms with Crippen LogP contribution in [0.15, 0.2) is 12.1 Å². The summed E-state index contributed by atoms with van der Waals surface area (Å²) in [5, 5.41) is 19.8. The highest BCUT2D eigenvalue weighted by Crippen LogP contribution is 2.40. The molecule has 1 heterocycles. The number of phenolic OH excluding ortho intramolecular Hbond substituents is 1. The van der Waals surface area contributed by atoms with Crippen molar-refractivity contribution in [3.8, 4) is 11.8 Å². The molecule has 1 amide bonds. The minimum absolute atomic E-state index is 0.0924. The van der Waals surface area contributed by atoms with Crippen LogP contribution in [0.25, 0.3) is 0 Å². The van der Waals surface area contributed by atoms with Gasteiger partial charge in [0.1, 0.15) is 5.75 Å². The summed E-state index contributed by atoms with van der Waals surface area (Å²) in [6.45, 7) is 14.0. The van der Waals surface area contributed by atoms with Gasteiger partial charge in [0.25, 0.3) is 0 Å². The Bertz CT molecular complexity index is 689. The maximum Gasteiger partial charge on any atom is 0.222 e. The van der Waals surface area contributed by atoms with Crippen LogP contribution in [0.4, 0.5) is 0 Å². The molecule has 0 spiro atoms. The second kappa shape index (κ2) is 7.92. The van der Waals surface area contributed by atoms with Gasteiger partial charge in [0.15, 0.2) is 0 Å². The lowest BCUT2D eigenvalue weighted by atomic mass is 9.78. The molecule has 4 heteroatoms. The Morgan fingerprint density at radius 1 is 1.11 bits per heavy atom. The lowest BCUT2D eigenvalue weighted by molar-refractivity contribution is -0.132. The van der Waals surface area contributed by atoms with Gasteiger partial charge in [-0.05, 0) is 46.8 Å². The van der Waals surface area contributed by atoms with Gasteiger partial charge in [-0.25, -0.2) is 0 Å².